The standard InChI is InChI=1S/C28H37N5O3S/c1-19-6-12-23(13-7-19)33-25(18-24(32-33)28(2,3)4)31-27(34)30-22-10-8-20(9-11-22)26(37(5,35)36)21-14-16-29-17-15-21/h6-13,18,21,26,29H,14-17H2,1-5H3,(H2,30,31,34). The van der Waals surface area contributed by atoms with Crippen LogP contribution in [0.4, 0.5) is 16.3 Å². The van der Waals surface area contributed by atoms with Gasteiger partial charge in [0.05, 0.1) is 16.6 Å². The van der Waals surface area contributed by atoms with Crippen LogP contribution in [0, 0.1) is 12.8 Å². The molecule has 0 spiro atoms. The van der Waals surface area contributed by atoms with Gasteiger partial charge in [0.25, 0.3) is 0 Å². The molecular weight excluding hydrogens is 486 g/mol. The predicted octanol–water partition coefficient (Wildman–Crippen LogP) is 5.21. The van der Waals surface area contributed by atoms with Gasteiger partial charge in [0, 0.05) is 23.4 Å². The molecule has 0 radical (unpaired) electrons. The Labute approximate surface area is 219 Å². The summed E-state index contributed by atoms with van der Waals surface area (Å²) in [4.78, 5) is 12.9. The lowest BCUT2D eigenvalue weighted by atomic mass is 9.90. The molecule has 1 atom stereocenters. The third-order valence-corrected chi connectivity index (χ3v) is 8.35. The van der Waals surface area contributed by atoms with Gasteiger partial charge < -0.3 is 10.6 Å². The maximum Gasteiger partial charge on any atom is 0.324 e. The number of carbonyl (C=O) groups excluding carboxylic acids is 1. The number of nitrogens with one attached hydrogen (secondary N) is 3. The third-order valence-electron chi connectivity index (χ3n) is 6.77. The summed E-state index contributed by atoms with van der Waals surface area (Å²) < 4.78 is 27.0. The monoisotopic (exact) mass is 523 g/mol. The number of aryl methyl sites for hydroxylation is 1. The smallest absolute Gasteiger partial charge is 0.317 e. The molecule has 37 heavy (non-hydrogen) atoms. The maximum absolute atomic E-state index is 12.9. The number of aromatic nitrogens is 2. The Bertz CT molecular complexity index is 1330. The van der Waals surface area contributed by atoms with E-state index in [1.165, 1.54) is 6.26 Å². The number of amides is 2. The van der Waals surface area contributed by atoms with Crippen LogP contribution in [0.15, 0.2) is 54.6 Å². The number of urea groups is 1. The van der Waals surface area contributed by atoms with Crippen molar-refractivity contribution in [2.24, 2.45) is 5.92 Å². The molecule has 4 rings (SSSR count). The fourth-order valence-electron chi connectivity index (χ4n) is 4.77. The lowest BCUT2D eigenvalue weighted by Crippen LogP contribution is -2.33. The summed E-state index contributed by atoms with van der Waals surface area (Å²) in [7, 11) is -3.28. The number of benzene rings is 2. The fourth-order valence-corrected chi connectivity index (χ4v) is 6.39. The first kappa shape index (κ1) is 26.9. The molecular formula is C28H37N5O3S. The van der Waals surface area contributed by atoms with Crippen molar-refractivity contribution in [1.29, 1.82) is 0 Å². The quantitative estimate of drug-likeness (QED) is 0.412. The normalized spacial score (nSPS) is 15.8. The Morgan fingerprint density at radius 3 is 2.22 bits per heavy atom. The Hall–Kier alpha value is -3.17. The molecule has 2 heterocycles. The third kappa shape index (κ3) is 6.59. The van der Waals surface area contributed by atoms with Crippen LogP contribution in [0.2, 0.25) is 0 Å². The molecule has 1 fully saturated rings. The van der Waals surface area contributed by atoms with Crippen LogP contribution in [0.25, 0.3) is 5.69 Å². The van der Waals surface area contributed by atoms with E-state index in [4.69, 9.17) is 5.10 Å². The number of nitrogens with zero attached hydrogens (tertiary/aromatic N) is 2. The van der Waals surface area contributed by atoms with E-state index < -0.39 is 21.1 Å². The highest BCUT2D eigenvalue weighted by Crippen LogP contribution is 2.35. The van der Waals surface area contributed by atoms with Crippen molar-refractivity contribution < 1.29 is 13.2 Å². The first-order chi connectivity index (χ1) is 17.4. The van der Waals surface area contributed by atoms with Gasteiger partial charge in [0.2, 0.25) is 0 Å². The van der Waals surface area contributed by atoms with E-state index in [1.807, 2.05) is 37.3 Å². The molecule has 1 unspecified atom stereocenters. The van der Waals surface area contributed by atoms with Crippen molar-refractivity contribution in [2.75, 3.05) is 30.0 Å². The summed E-state index contributed by atoms with van der Waals surface area (Å²) >= 11 is 0. The summed E-state index contributed by atoms with van der Waals surface area (Å²) in [6.45, 7) is 9.91. The molecule has 3 N–H and O–H groups in total. The van der Waals surface area contributed by atoms with Crippen LogP contribution in [0.1, 0.15) is 55.7 Å². The molecule has 3 aromatic rings. The second kappa shape index (κ2) is 10.7. The molecule has 0 saturated carbocycles. The summed E-state index contributed by atoms with van der Waals surface area (Å²) in [5.41, 5.74) is 4.00. The van der Waals surface area contributed by atoms with Crippen LogP contribution < -0.4 is 16.0 Å². The van der Waals surface area contributed by atoms with Gasteiger partial charge in [-0.1, -0.05) is 50.6 Å². The van der Waals surface area contributed by atoms with Gasteiger partial charge in [-0.25, -0.2) is 17.9 Å². The van der Waals surface area contributed by atoms with Crippen molar-refractivity contribution in [3.8, 4) is 5.69 Å². The Balaban J connectivity index is 1.52. The van der Waals surface area contributed by atoms with E-state index in [9.17, 15) is 13.2 Å². The molecule has 1 saturated heterocycles. The zero-order valence-electron chi connectivity index (χ0n) is 22.2. The summed E-state index contributed by atoms with van der Waals surface area (Å²) in [6, 6.07) is 16.6. The Morgan fingerprint density at radius 2 is 1.65 bits per heavy atom. The minimum atomic E-state index is -3.28. The zero-order chi connectivity index (χ0) is 26.8. The first-order valence-corrected chi connectivity index (χ1v) is 14.6. The van der Waals surface area contributed by atoms with Crippen molar-refractivity contribution >= 4 is 27.4 Å². The van der Waals surface area contributed by atoms with Crippen molar-refractivity contribution in [2.45, 2.75) is 51.2 Å². The van der Waals surface area contributed by atoms with Gasteiger partial charge in [-0.05, 0) is 68.6 Å². The molecule has 1 aliphatic rings. The molecule has 2 amide bonds. The molecule has 0 bridgehead atoms. The lowest BCUT2D eigenvalue weighted by Gasteiger charge is -2.30. The fraction of sp³-hybridized carbons (Fsp3) is 0.429. The molecule has 0 aliphatic carbocycles. The highest BCUT2D eigenvalue weighted by molar-refractivity contribution is 7.90. The minimum Gasteiger partial charge on any atom is -0.317 e. The highest BCUT2D eigenvalue weighted by Gasteiger charge is 2.32. The van der Waals surface area contributed by atoms with Crippen LogP contribution in [-0.4, -0.2) is 43.6 Å². The highest BCUT2D eigenvalue weighted by atomic mass is 32.2. The largest absolute Gasteiger partial charge is 0.324 e. The van der Waals surface area contributed by atoms with Crippen molar-refractivity contribution in [3.63, 3.8) is 0 Å². The molecule has 198 valence electrons. The topological polar surface area (TPSA) is 105 Å². The molecule has 9 heteroatoms. The van der Waals surface area contributed by atoms with E-state index in [1.54, 1.807) is 28.9 Å². The second-order valence-electron chi connectivity index (χ2n) is 11.0. The van der Waals surface area contributed by atoms with Crippen molar-refractivity contribution in [1.82, 2.24) is 15.1 Å². The van der Waals surface area contributed by atoms with Gasteiger partial charge >= 0.3 is 6.03 Å². The number of sulfone groups is 1. The van der Waals surface area contributed by atoms with Gasteiger partial charge in [-0.3, -0.25) is 5.32 Å². The van der Waals surface area contributed by atoms with E-state index >= 15 is 0 Å². The first-order valence-electron chi connectivity index (χ1n) is 12.7. The van der Waals surface area contributed by atoms with Crippen LogP contribution in [0.5, 0.6) is 0 Å². The van der Waals surface area contributed by atoms with Crippen LogP contribution in [-0.2, 0) is 15.3 Å². The minimum absolute atomic E-state index is 0.0810. The number of carbonyl (C=O) groups is 1. The van der Waals surface area contributed by atoms with Crippen LogP contribution in [0.3, 0.4) is 0 Å². The number of piperidine rings is 1. The van der Waals surface area contributed by atoms with E-state index in [0.29, 0.717) is 11.5 Å². The van der Waals surface area contributed by atoms with Gasteiger partial charge in [-0.15, -0.1) is 0 Å². The van der Waals surface area contributed by atoms with E-state index in [-0.39, 0.29) is 11.3 Å². The molecule has 2 aromatic carbocycles. The molecule has 1 aliphatic heterocycles. The van der Waals surface area contributed by atoms with Gasteiger partial charge in [0.15, 0.2) is 9.84 Å². The second-order valence-corrected chi connectivity index (χ2v) is 13.1. The number of rotatable bonds is 6. The molecule has 8 nitrogen and oxygen atoms in total. The van der Waals surface area contributed by atoms with Gasteiger partial charge in [-0.2, -0.15) is 5.10 Å². The van der Waals surface area contributed by atoms with Gasteiger partial charge in [0.1, 0.15) is 5.82 Å². The summed E-state index contributed by atoms with van der Waals surface area (Å²) in [6.07, 6.45) is 2.96. The van der Waals surface area contributed by atoms with Crippen LogP contribution >= 0.6 is 0 Å². The number of hydrogen-bond donors (Lipinski definition) is 3. The Morgan fingerprint density at radius 1 is 1.03 bits per heavy atom. The predicted molar refractivity (Wildman–Crippen MR) is 149 cm³/mol. The molecule has 1 aromatic heterocycles. The van der Waals surface area contributed by atoms with Crippen molar-refractivity contribution in [3.05, 3.63) is 71.4 Å². The number of anilines is 2. The Kier molecular flexibility index (Phi) is 7.75. The SMILES string of the molecule is Cc1ccc(-n2nc(C(C)(C)C)cc2NC(=O)Nc2ccc(C(C3CCNCC3)S(C)(=O)=O)cc2)cc1. The summed E-state index contributed by atoms with van der Waals surface area (Å²) in [5.74, 6) is 0.642. The zero-order valence-corrected chi connectivity index (χ0v) is 23.0. The average molecular weight is 524 g/mol. The van der Waals surface area contributed by atoms with E-state index in [0.717, 1.165) is 48.4 Å². The van der Waals surface area contributed by atoms with E-state index in [2.05, 4.69) is 36.7 Å². The lowest BCUT2D eigenvalue weighted by molar-refractivity contribution is 0.262. The maximum atomic E-state index is 12.9. The summed E-state index contributed by atoms with van der Waals surface area (Å²) in [5, 5.41) is 13.3. The average Bonchev–Trinajstić information content (AvgIpc) is 3.25. The number of hydrogen-bond acceptors (Lipinski definition) is 5.